The standard InChI is InChI=1S/C16H25NO/c1-3-4-10-17-11-8-15(9-12-17)18-16-7-5-6-14(2)13-16/h5-7,13,15H,3-4,8-12H2,1-2H3. The molecule has 1 saturated heterocycles. The van der Waals surface area contributed by atoms with Gasteiger partial charge in [0.05, 0.1) is 0 Å². The molecule has 0 N–H and O–H groups in total. The predicted octanol–water partition coefficient (Wildman–Crippen LogP) is 3.64. The molecule has 1 aromatic carbocycles. The van der Waals surface area contributed by atoms with E-state index >= 15 is 0 Å². The van der Waals surface area contributed by atoms with E-state index in [1.54, 1.807) is 0 Å². The monoisotopic (exact) mass is 247 g/mol. The Morgan fingerprint density at radius 1 is 1.28 bits per heavy atom. The molecule has 0 spiro atoms. The Kier molecular flexibility index (Phi) is 5.06. The van der Waals surface area contributed by atoms with Crippen molar-refractivity contribution in [3.05, 3.63) is 29.8 Å². The Labute approximate surface area is 111 Å². The van der Waals surface area contributed by atoms with E-state index in [4.69, 9.17) is 4.74 Å². The molecule has 1 aliphatic heterocycles. The SMILES string of the molecule is CCCCN1CCC(Oc2cccc(C)c2)CC1. The lowest BCUT2D eigenvalue weighted by Gasteiger charge is -2.32. The fourth-order valence-corrected chi connectivity index (χ4v) is 2.51. The minimum absolute atomic E-state index is 0.407. The molecule has 0 aromatic heterocycles. The first-order valence-electron chi connectivity index (χ1n) is 7.23. The summed E-state index contributed by atoms with van der Waals surface area (Å²) in [6.45, 7) is 8.01. The van der Waals surface area contributed by atoms with Gasteiger partial charge in [0, 0.05) is 13.1 Å². The van der Waals surface area contributed by atoms with Crippen molar-refractivity contribution in [2.75, 3.05) is 19.6 Å². The number of piperidine rings is 1. The molecule has 18 heavy (non-hydrogen) atoms. The number of hydrogen-bond donors (Lipinski definition) is 0. The molecule has 0 bridgehead atoms. The molecule has 1 heterocycles. The van der Waals surface area contributed by atoms with Crippen LogP contribution in [0.2, 0.25) is 0 Å². The van der Waals surface area contributed by atoms with E-state index in [0.717, 1.165) is 18.6 Å². The van der Waals surface area contributed by atoms with Crippen LogP contribution in [0.4, 0.5) is 0 Å². The zero-order valence-electron chi connectivity index (χ0n) is 11.7. The van der Waals surface area contributed by atoms with E-state index in [-0.39, 0.29) is 0 Å². The number of rotatable bonds is 5. The Hall–Kier alpha value is -1.02. The van der Waals surface area contributed by atoms with Crippen molar-refractivity contribution in [1.29, 1.82) is 0 Å². The highest BCUT2D eigenvalue weighted by molar-refractivity contribution is 5.27. The molecule has 2 nitrogen and oxygen atoms in total. The van der Waals surface area contributed by atoms with E-state index in [1.807, 2.05) is 0 Å². The van der Waals surface area contributed by atoms with E-state index < -0.39 is 0 Å². The molecular weight excluding hydrogens is 222 g/mol. The van der Waals surface area contributed by atoms with Gasteiger partial charge in [-0.15, -0.1) is 0 Å². The van der Waals surface area contributed by atoms with Gasteiger partial charge in [0.1, 0.15) is 11.9 Å². The molecular formula is C16H25NO. The molecule has 1 aliphatic rings. The summed E-state index contributed by atoms with van der Waals surface area (Å²) >= 11 is 0. The van der Waals surface area contributed by atoms with Crippen molar-refractivity contribution < 1.29 is 4.74 Å². The highest BCUT2D eigenvalue weighted by Crippen LogP contribution is 2.20. The number of unbranched alkanes of at least 4 members (excludes halogenated alkanes) is 1. The van der Waals surface area contributed by atoms with Crippen molar-refractivity contribution in [3.63, 3.8) is 0 Å². The second-order valence-corrected chi connectivity index (χ2v) is 5.33. The van der Waals surface area contributed by atoms with Crippen LogP contribution in [0.5, 0.6) is 5.75 Å². The first-order valence-corrected chi connectivity index (χ1v) is 7.23. The van der Waals surface area contributed by atoms with Gasteiger partial charge in [0.25, 0.3) is 0 Å². The van der Waals surface area contributed by atoms with E-state index in [2.05, 4.69) is 43.0 Å². The Bertz CT molecular complexity index is 356. The van der Waals surface area contributed by atoms with Crippen LogP contribution in [0.25, 0.3) is 0 Å². The fraction of sp³-hybridized carbons (Fsp3) is 0.625. The first-order chi connectivity index (χ1) is 8.78. The molecule has 0 unspecified atom stereocenters. The average molecular weight is 247 g/mol. The van der Waals surface area contributed by atoms with Crippen molar-refractivity contribution in [3.8, 4) is 5.75 Å². The van der Waals surface area contributed by atoms with Gasteiger partial charge in [-0.05, 0) is 50.4 Å². The van der Waals surface area contributed by atoms with Crippen molar-refractivity contribution in [2.45, 2.75) is 45.6 Å². The van der Waals surface area contributed by atoms with E-state index in [9.17, 15) is 0 Å². The van der Waals surface area contributed by atoms with Crippen LogP contribution in [0.3, 0.4) is 0 Å². The number of aryl methyl sites for hydroxylation is 1. The molecule has 0 aliphatic carbocycles. The molecule has 1 aromatic rings. The fourth-order valence-electron chi connectivity index (χ4n) is 2.51. The topological polar surface area (TPSA) is 12.5 Å². The Morgan fingerprint density at radius 3 is 2.72 bits per heavy atom. The smallest absolute Gasteiger partial charge is 0.119 e. The van der Waals surface area contributed by atoms with Gasteiger partial charge in [-0.3, -0.25) is 0 Å². The number of benzene rings is 1. The summed E-state index contributed by atoms with van der Waals surface area (Å²) in [7, 11) is 0. The molecule has 0 atom stereocenters. The van der Waals surface area contributed by atoms with Gasteiger partial charge in [-0.1, -0.05) is 25.5 Å². The van der Waals surface area contributed by atoms with Crippen LogP contribution in [0, 0.1) is 6.92 Å². The highest BCUT2D eigenvalue weighted by Gasteiger charge is 2.19. The van der Waals surface area contributed by atoms with Gasteiger partial charge < -0.3 is 9.64 Å². The van der Waals surface area contributed by atoms with Crippen molar-refractivity contribution >= 4 is 0 Å². The minimum Gasteiger partial charge on any atom is -0.490 e. The molecule has 1 fully saturated rings. The summed E-state index contributed by atoms with van der Waals surface area (Å²) < 4.78 is 6.06. The molecule has 0 amide bonds. The normalized spacial score (nSPS) is 17.9. The maximum Gasteiger partial charge on any atom is 0.119 e. The lowest BCUT2D eigenvalue weighted by atomic mass is 10.1. The number of likely N-dealkylation sites (tertiary alicyclic amines) is 1. The third kappa shape index (κ3) is 4.02. The molecule has 0 saturated carbocycles. The quantitative estimate of drug-likeness (QED) is 0.787. The minimum atomic E-state index is 0.407. The first kappa shape index (κ1) is 13.4. The second-order valence-electron chi connectivity index (χ2n) is 5.33. The third-order valence-electron chi connectivity index (χ3n) is 3.65. The van der Waals surface area contributed by atoms with E-state index in [0.29, 0.717) is 6.10 Å². The summed E-state index contributed by atoms with van der Waals surface area (Å²) in [5.41, 5.74) is 1.27. The van der Waals surface area contributed by atoms with Crippen LogP contribution in [-0.2, 0) is 0 Å². The van der Waals surface area contributed by atoms with Gasteiger partial charge in [-0.2, -0.15) is 0 Å². The second kappa shape index (κ2) is 6.79. The van der Waals surface area contributed by atoms with E-state index in [1.165, 1.54) is 38.0 Å². The highest BCUT2D eigenvalue weighted by atomic mass is 16.5. The lowest BCUT2D eigenvalue weighted by molar-refractivity contribution is 0.0998. The van der Waals surface area contributed by atoms with Gasteiger partial charge in [-0.25, -0.2) is 0 Å². The van der Waals surface area contributed by atoms with Crippen molar-refractivity contribution in [1.82, 2.24) is 4.90 Å². The third-order valence-corrected chi connectivity index (χ3v) is 3.65. The largest absolute Gasteiger partial charge is 0.490 e. The summed E-state index contributed by atoms with van der Waals surface area (Å²) in [4.78, 5) is 2.57. The summed E-state index contributed by atoms with van der Waals surface area (Å²) in [6, 6.07) is 8.38. The molecule has 100 valence electrons. The number of ether oxygens (including phenoxy) is 1. The van der Waals surface area contributed by atoms with Crippen LogP contribution >= 0.6 is 0 Å². The Morgan fingerprint density at radius 2 is 2.06 bits per heavy atom. The maximum atomic E-state index is 6.06. The Balaban J connectivity index is 1.76. The van der Waals surface area contributed by atoms with Gasteiger partial charge in [0.15, 0.2) is 0 Å². The lowest BCUT2D eigenvalue weighted by Crippen LogP contribution is -2.38. The average Bonchev–Trinajstić information content (AvgIpc) is 2.38. The predicted molar refractivity (Wildman–Crippen MR) is 76.2 cm³/mol. The summed E-state index contributed by atoms with van der Waals surface area (Å²) in [5.74, 6) is 1.03. The van der Waals surface area contributed by atoms with Crippen LogP contribution in [0.1, 0.15) is 38.2 Å². The van der Waals surface area contributed by atoms with Crippen LogP contribution < -0.4 is 4.74 Å². The molecule has 0 radical (unpaired) electrons. The van der Waals surface area contributed by atoms with Crippen molar-refractivity contribution in [2.24, 2.45) is 0 Å². The molecule has 2 rings (SSSR count). The maximum absolute atomic E-state index is 6.06. The van der Waals surface area contributed by atoms with Crippen LogP contribution in [0.15, 0.2) is 24.3 Å². The number of nitrogens with zero attached hydrogens (tertiary/aromatic N) is 1. The molecule has 2 heteroatoms. The number of hydrogen-bond acceptors (Lipinski definition) is 2. The summed E-state index contributed by atoms with van der Waals surface area (Å²) in [6.07, 6.45) is 5.35. The van der Waals surface area contributed by atoms with Gasteiger partial charge in [0.2, 0.25) is 0 Å². The zero-order valence-corrected chi connectivity index (χ0v) is 11.7. The summed E-state index contributed by atoms with van der Waals surface area (Å²) in [5, 5.41) is 0. The van der Waals surface area contributed by atoms with Crippen LogP contribution in [-0.4, -0.2) is 30.6 Å². The van der Waals surface area contributed by atoms with Gasteiger partial charge >= 0.3 is 0 Å². The zero-order chi connectivity index (χ0) is 12.8.